The molecule has 0 bridgehead atoms. The van der Waals surface area contributed by atoms with Gasteiger partial charge in [0.25, 0.3) is 0 Å². The smallest absolute Gasteiger partial charge is 0.240 e. The number of nitrogens with one attached hydrogen (secondary N) is 1. The average molecular weight is 308 g/mol. The minimum absolute atomic E-state index is 0.146. The second-order valence-electron chi connectivity index (χ2n) is 3.35. The van der Waals surface area contributed by atoms with E-state index >= 15 is 0 Å². The Bertz CT molecular complexity index is 430. The number of alkyl halides is 1. The van der Waals surface area contributed by atoms with Crippen LogP contribution in [0.2, 0.25) is 0 Å². The molecule has 0 amide bonds. The van der Waals surface area contributed by atoms with E-state index in [9.17, 15) is 8.42 Å². The number of rotatable bonds is 5. The van der Waals surface area contributed by atoms with Crippen LogP contribution in [0.1, 0.15) is 6.92 Å². The lowest BCUT2D eigenvalue weighted by Gasteiger charge is -2.11. The summed E-state index contributed by atoms with van der Waals surface area (Å²) in [5, 5.41) is 0.572. The van der Waals surface area contributed by atoms with Gasteiger partial charge < -0.3 is 4.74 Å². The third-order valence-electron chi connectivity index (χ3n) is 1.96. The van der Waals surface area contributed by atoms with Gasteiger partial charge in [-0.05, 0) is 31.2 Å². The monoisotopic (exact) mass is 307 g/mol. The van der Waals surface area contributed by atoms with Crippen LogP contribution < -0.4 is 9.46 Å². The topological polar surface area (TPSA) is 55.4 Å². The van der Waals surface area contributed by atoms with Crippen LogP contribution in [-0.4, -0.2) is 26.9 Å². The summed E-state index contributed by atoms with van der Waals surface area (Å²) in [6, 6.07) is 6.12. The molecule has 16 heavy (non-hydrogen) atoms. The third kappa shape index (κ3) is 3.47. The van der Waals surface area contributed by atoms with Gasteiger partial charge in [-0.25, -0.2) is 13.1 Å². The van der Waals surface area contributed by atoms with E-state index in [-0.39, 0.29) is 10.9 Å². The van der Waals surface area contributed by atoms with Gasteiger partial charge in [0.1, 0.15) is 5.75 Å². The van der Waals surface area contributed by atoms with Crippen molar-refractivity contribution in [2.75, 3.05) is 12.4 Å². The quantitative estimate of drug-likeness (QED) is 0.843. The number of ether oxygens (including phenoxy) is 1. The Balaban J connectivity index is 2.90. The Labute approximate surface area is 104 Å². The summed E-state index contributed by atoms with van der Waals surface area (Å²) in [5.74, 6) is 0.632. The van der Waals surface area contributed by atoms with Crippen molar-refractivity contribution in [3.8, 4) is 5.75 Å². The van der Waals surface area contributed by atoms with E-state index in [1.807, 2.05) is 0 Å². The molecular weight excluding hydrogens is 294 g/mol. The van der Waals surface area contributed by atoms with Gasteiger partial charge in [-0.2, -0.15) is 0 Å². The number of hydrogen-bond acceptors (Lipinski definition) is 3. The predicted octanol–water partition coefficient (Wildman–Crippen LogP) is 1.76. The van der Waals surface area contributed by atoms with E-state index in [4.69, 9.17) is 4.74 Å². The zero-order valence-electron chi connectivity index (χ0n) is 9.10. The van der Waals surface area contributed by atoms with Crippen molar-refractivity contribution in [1.29, 1.82) is 0 Å². The second-order valence-corrected chi connectivity index (χ2v) is 5.71. The summed E-state index contributed by atoms with van der Waals surface area (Å²) < 4.78 is 31.2. The molecule has 1 unspecified atom stereocenters. The molecule has 0 fully saturated rings. The molecule has 4 nitrogen and oxygen atoms in total. The fraction of sp³-hybridized carbons (Fsp3) is 0.400. The van der Waals surface area contributed by atoms with Crippen LogP contribution in [0.4, 0.5) is 0 Å². The average Bonchev–Trinajstić information content (AvgIpc) is 2.28. The summed E-state index contributed by atoms with van der Waals surface area (Å²) in [6.07, 6.45) is 0. The van der Waals surface area contributed by atoms with E-state index in [1.165, 1.54) is 19.2 Å². The first-order valence-corrected chi connectivity index (χ1v) is 7.32. The van der Waals surface area contributed by atoms with Gasteiger partial charge in [-0.1, -0.05) is 15.9 Å². The fourth-order valence-corrected chi connectivity index (χ4v) is 2.74. The highest BCUT2D eigenvalue weighted by atomic mass is 79.9. The van der Waals surface area contributed by atoms with Crippen LogP contribution in [0.3, 0.4) is 0 Å². The van der Waals surface area contributed by atoms with Crippen molar-refractivity contribution in [3.05, 3.63) is 24.3 Å². The number of hydrogen-bond donors (Lipinski definition) is 1. The fourth-order valence-electron chi connectivity index (χ4n) is 1.12. The van der Waals surface area contributed by atoms with Crippen molar-refractivity contribution in [2.24, 2.45) is 0 Å². The molecule has 1 rings (SSSR count). The predicted molar refractivity (Wildman–Crippen MR) is 66.6 cm³/mol. The lowest BCUT2D eigenvalue weighted by Crippen LogP contribution is -2.33. The van der Waals surface area contributed by atoms with E-state index in [1.54, 1.807) is 19.1 Å². The van der Waals surface area contributed by atoms with Crippen LogP contribution in [0.15, 0.2) is 29.2 Å². The number of methoxy groups -OCH3 is 1. The molecule has 0 aliphatic heterocycles. The second kappa shape index (κ2) is 5.65. The van der Waals surface area contributed by atoms with Crippen molar-refractivity contribution < 1.29 is 13.2 Å². The molecular formula is C10H14BrNO3S. The molecule has 0 saturated heterocycles. The minimum Gasteiger partial charge on any atom is -0.497 e. The van der Waals surface area contributed by atoms with Crippen molar-refractivity contribution in [2.45, 2.75) is 17.9 Å². The first kappa shape index (κ1) is 13.5. The van der Waals surface area contributed by atoms with Crippen LogP contribution in [0, 0.1) is 0 Å². The molecule has 0 heterocycles. The van der Waals surface area contributed by atoms with Crippen molar-refractivity contribution >= 4 is 26.0 Å². The number of halogens is 1. The van der Waals surface area contributed by atoms with Gasteiger partial charge in [-0.3, -0.25) is 0 Å². The van der Waals surface area contributed by atoms with E-state index in [0.717, 1.165) is 0 Å². The largest absolute Gasteiger partial charge is 0.497 e. The van der Waals surface area contributed by atoms with Gasteiger partial charge in [0.15, 0.2) is 0 Å². The lowest BCUT2D eigenvalue weighted by atomic mass is 10.3. The third-order valence-corrected chi connectivity index (χ3v) is 4.53. The maximum atomic E-state index is 11.8. The summed E-state index contributed by atoms with van der Waals surface area (Å²) in [6.45, 7) is 1.79. The van der Waals surface area contributed by atoms with Crippen LogP contribution in [0.25, 0.3) is 0 Å². The van der Waals surface area contributed by atoms with E-state index in [2.05, 4.69) is 20.7 Å². The number of sulfonamides is 1. The molecule has 1 aromatic carbocycles. The molecule has 1 atom stereocenters. The van der Waals surface area contributed by atoms with Gasteiger partial charge in [-0.15, -0.1) is 0 Å². The standard InChI is InChI=1S/C10H14BrNO3S/c1-8(7-11)12-16(13,14)10-5-3-9(15-2)4-6-10/h3-6,8,12H,7H2,1-2H3. The van der Waals surface area contributed by atoms with Crippen LogP contribution >= 0.6 is 15.9 Å². The zero-order chi connectivity index (χ0) is 12.2. The highest BCUT2D eigenvalue weighted by Gasteiger charge is 2.16. The number of benzene rings is 1. The molecule has 0 aliphatic rings. The Morgan fingerprint density at radius 3 is 2.38 bits per heavy atom. The molecule has 1 N–H and O–H groups in total. The van der Waals surface area contributed by atoms with E-state index in [0.29, 0.717) is 11.1 Å². The molecule has 1 aromatic rings. The van der Waals surface area contributed by atoms with Crippen molar-refractivity contribution in [1.82, 2.24) is 4.72 Å². The summed E-state index contributed by atoms with van der Waals surface area (Å²) in [7, 11) is -1.90. The molecule has 0 radical (unpaired) electrons. The highest BCUT2D eigenvalue weighted by Crippen LogP contribution is 2.15. The normalized spacial score (nSPS) is 13.4. The minimum atomic E-state index is -3.43. The summed E-state index contributed by atoms with van der Waals surface area (Å²) in [5.41, 5.74) is 0. The summed E-state index contributed by atoms with van der Waals surface area (Å²) >= 11 is 3.22. The van der Waals surface area contributed by atoms with Gasteiger partial charge in [0.2, 0.25) is 10.0 Å². The van der Waals surface area contributed by atoms with E-state index < -0.39 is 10.0 Å². The van der Waals surface area contributed by atoms with Crippen LogP contribution in [0.5, 0.6) is 5.75 Å². The Kier molecular flexibility index (Phi) is 4.76. The molecule has 0 saturated carbocycles. The first-order valence-electron chi connectivity index (χ1n) is 4.72. The molecule has 90 valence electrons. The van der Waals surface area contributed by atoms with Gasteiger partial charge in [0.05, 0.1) is 12.0 Å². The Morgan fingerprint density at radius 1 is 1.38 bits per heavy atom. The highest BCUT2D eigenvalue weighted by molar-refractivity contribution is 9.09. The lowest BCUT2D eigenvalue weighted by molar-refractivity contribution is 0.414. The SMILES string of the molecule is COc1ccc(S(=O)(=O)NC(C)CBr)cc1. The zero-order valence-corrected chi connectivity index (χ0v) is 11.5. The molecule has 0 spiro atoms. The Hall–Kier alpha value is -0.590. The van der Waals surface area contributed by atoms with Gasteiger partial charge >= 0.3 is 0 Å². The molecule has 6 heteroatoms. The molecule has 0 aliphatic carbocycles. The Morgan fingerprint density at radius 2 is 1.94 bits per heavy atom. The van der Waals surface area contributed by atoms with Crippen molar-refractivity contribution in [3.63, 3.8) is 0 Å². The van der Waals surface area contributed by atoms with Gasteiger partial charge in [0, 0.05) is 11.4 Å². The maximum Gasteiger partial charge on any atom is 0.240 e. The van der Waals surface area contributed by atoms with Crippen LogP contribution in [-0.2, 0) is 10.0 Å². The molecule has 0 aromatic heterocycles. The summed E-state index contributed by atoms with van der Waals surface area (Å²) in [4.78, 5) is 0.237. The first-order chi connectivity index (χ1) is 7.49. The maximum absolute atomic E-state index is 11.8.